The van der Waals surface area contributed by atoms with Gasteiger partial charge in [-0.15, -0.1) is 0 Å². The largest absolute Gasteiger partial charge is 0.350 e. The highest BCUT2D eigenvalue weighted by Gasteiger charge is 2.21. The van der Waals surface area contributed by atoms with Crippen molar-refractivity contribution in [3.63, 3.8) is 0 Å². The summed E-state index contributed by atoms with van der Waals surface area (Å²) in [6.07, 6.45) is 0. The quantitative estimate of drug-likeness (QED) is 0.409. The molecule has 0 aliphatic carbocycles. The second-order valence-electron chi connectivity index (χ2n) is 8.63. The predicted octanol–water partition coefficient (Wildman–Crippen LogP) is 4.47. The van der Waals surface area contributed by atoms with Gasteiger partial charge in [0.1, 0.15) is 5.69 Å². The number of hydrogen-bond acceptors (Lipinski definition) is 3. The van der Waals surface area contributed by atoms with E-state index in [2.05, 4.69) is 24.4 Å². The molecule has 1 amide bonds. The second-order valence-corrected chi connectivity index (χ2v) is 10.8. The summed E-state index contributed by atoms with van der Waals surface area (Å²) < 4.78 is 28.4. The zero-order valence-corrected chi connectivity index (χ0v) is 20.4. The first kappa shape index (κ1) is 23.7. The molecule has 0 spiro atoms. The van der Waals surface area contributed by atoms with Crippen molar-refractivity contribution in [3.8, 4) is 0 Å². The Kier molecular flexibility index (Phi) is 6.86. The molecule has 0 bridgehead atoms. The first-order chi connectivity index (χ1) is 16.3. The summed E-state index contributed by atoms with van der Waals surface area (Å²) in [5, 5.41) is 3.77. The van der Waals surface area contributed by atoms with Crippen LogP contribution in [-0.4, -0.2) is 43.8 Å². The molecule has 4 aromatic rings. The smallest absolute Gasteiger partial charge is 0.267 e. The third-order valence-corrected chi connectivity index (χ3v) is 7.82. The standard InChI is InChI=1S/C27H29N3O3S/c1-20(22-12-8-5-9-13-22)18-28-27(31)26-17-23-16-24(34(32,33)29(2)3)14-15-25(23)30(26)19-21-10-6-4-7-11-21/h4-17,20H,18-19H2,1-3H3,(H,28,31)/t20-/m0/s1. The maximum absolute atomic E-state index is 13.3. The first-order valence-electron chi connectivity index (χ1n) is 11.2. The van der Waals surface area contributed by atoms with Crippen LogP contribution in [0.1, 0.15) is 34.5 Å². The highest BCUT2D eigenvalue weighted by molar-refractivity contribution is 7.89. The fourth-order valence-corrected chi connectivity index (χ4v) is 4.92. The van der Waals surface area contributed by atoms with Gasteiger partial charge >= 0.3 is 0 Å². The van der Waals surface area contributed by atoms with E-state index >= 15 is 0 Å². The van der Waals surface area contributed by atoms with Gasteiger partial charge in [0.15, 0.2) is 0 Å². The lowest BCUT2D eigenvalue weighted by Gasteiger charge is -2.15. The number of nitrogens with zero attached hydrogens (tertiary/aromatic N) is 2. The Morgan fingerprint density at radius 1 is 0.941 bits per heavy atom. The van der Waals surface area contributed by atoms with Crippen LogP contribution in [0.15, 0.2) is 89.8 Å². The minimum Gasteiger partial charge on any atom is -0.350 e. The van der Waals surface area contributed by atoms with Crippen molar-refractivity contribution in [1.82, 2.24) is 14.2 Å². The van der Waals surface area contributed by atoms with E-state index in [1.54, 1.807) is 24.3 Å². The molecule has 176 valence electrons. The molecule has 1 heterocycles. The minimum atomic E-state index is -3.58. The molecule has 0 saturated heterocycles. The Morgan fingerprint density at radius 2 is 1.59 bits per heavy atom. The molecule has 0 aliphatic heterocycles. The minimum absolute atomic E-state index is 0.161. The average Bonchev–Trinajstić information content (AvgIpc) is 3.21. The maximum atomic E-state index is 13.3. The first-order valence-corrected chi connectivity index (χ1v) is 12.6. The molecular weight excluding hydrogens is 446 g/mol. The van der Waals surface area contributed by atoms with Gasteiger partial charge in [-0.25, -0.2) is 12.7 Å². The number of rotatable bonds is 8. The van der Waals surface area contributed by atoms with E-state index in [0.29, 0.717) is 24.2 Å². The molecule has 0 unspecified atom stereocenters. The zero-order chi connectivity index (χ0) is 24.3. The van der Waals surface area contributed by atoms with Gasteiger partial charge in [-0.3, -0.25) is 4.79 Å². The van der Waals surface area contributed by atoms with Crippen LogP contribution in [0.2, 0.25) is 0 Å². The number of carbonyl (C=O) groups is 1. The molecule has 1 atom stereocenters. The molecule has 7 heteroatoms. The fraction of sp³-hybridized carbons (Fsp3) is 0.222. The van der Waals surface area contributed by atoms with E-state index in [4.69, 9.17) is 0 Å². The van der Waals surface area contributed by atoms with Crippen molar-refractivity contribution in [1.29, 1.82) is 0 Å². The SMILES string of the molecule is C[C@@H](CNC(=O)c1cc2cc(S(=O)(=O)N(C)C)ccc2n1Cc1ccccc1)c1ccccc1. The highest BCUT2D eigenvalue weighted by Crippen LogP contribution is 2.26. The van der Waals surface area contributed by atoms with Crippen LogP contribution in [0.3, 0.4) is 0 Å². The number of hydrogen-bond donors (Lipinski definition) is 1. The van der Waals surface area contributed by atoms with Crippen LogP contribution in [0.25, 0.3) is 10.9 Å². The van der Waals surface area contributed by atoms with Gasteiger partial charge in [0.2, 0.25) is 10.0 Å². The van der Waals surface area contributed by atoms with E-state index in [1.807, 2.05) is 53.1 Å². The Balaban J connectivity index is 1.69. The molecule has 34 heavy (non-hydrogen) atoms. The molecule has 0 radical (unpaired) electrons. The summed E-state index contributed by atoms with van der Waals surface area (Å²) in [7, 11) is -0.566. The predicted molar refractivity (Wildman–Crippen MR) is 136 cm³/mol. The molecule has 0 aliphatic rings. The van der Waals surface area contributed by atoms with Crippen molar-refractivity contribution >= 4 is 26.8 Å². The Morgan fingerprint density at radius 3 is 2.24 bits per heavy atom. The Bertz CT molecular complexity index is 1400. The summed E-state index contributed by atoms with van der Waals surface area (Å²) in [5.41, 5.74) is 3.52. The lowest BCUT2D eigenvalue weighted by Crippen LogP contribution is -2.29. The van der Waals surface area contributed by atoms with Crippen LogP contribution in [0.4, 0.5) is 0 Å². The van der Waals surface area contributed by atoms with Gasteiger partial charge in [-0.1, -0.05) is 67.6 Å². The number of nitrogens with one attached hydrogen (secondary N) is 1. The highest BCUT2D eigenvalue weighted by atomic mass is 32.2. The normalized spacial score (nSPS) is 12.7. The van der Waals surface area contributed by atoms with Gasteiger partial charge in [0.05, 0.1) is 4.90 Å². The lowest BCUT2D eigenvalue weighted by molar-refractivity contribution is 0.0943. The summed E-state index contributed by atoms with van der Waals surface area (Å²) >= 11 is 0. The van der Waals surface area contributed by atoms with Gasteiger partial charge in [0.25, 0.3) is 5.91 Å². The topological polar surface area (TPSA) is 71.4 Å². The van der Waals surface area contributed by atoms with E-state index in [-0.39, 0.29) is 16.7 Å². The van der Waals surface area contributed by atoms with E-state index in [0.717, 1.165) is 16.6 Å². The summed E-state index contributed by atoms with van der Waals surface area (Å²) in [6.45, 7) is 3.07. The average molecular weight is 476 g/mol. The molecule has 6 nitrogen and oxygen atoms in total. The maximum Gasteiger partial charge on any atom is 0.267 e. The third kappa shape index (κ3) is 4.90. The Labute approximate surface area is 200 Å². The third-order valence-electron chi connectivity index (χ3n) is 6.00. The number of aromatic nitrogens is 1. The van der Waals surface area contributed by atoms with Crippen LogP contribution < -0.4 is 5.32 Å². The van der Waals surface area contributed by atoms with Gasteiger partial charge in [-0.05, 0) is 41.3 Å². The van der Waals surface area contributed by atoms with Crippen molar-refractivity contribution < 1.29 is 13.2 Å². The van der Waals surface area contributed by atoms with Gasteiger partial charge in [0, 0.05) is 38.1 Å². The fourth-order valence-electron chi connectivity index (χ4n) is 3.98. The van der Waals surface area contributed by atoms with Gasteiger partial charge in [-0.2, -0.15) is 0 Å². The van der Waals surface area contributed by atoms with Crippen molar-refractivity contribution in [2.45, 2.75) is 24.3 Å². The van der Waals surface area contributed by atoms with Crippen LogP contribution in [0.5, 0.6) is 0 Å². The molecular formula is C27H29N3O3S. The van der Waals surface area contributed by atoms with Crippen LogP contribution >= 0.6 is 0 Å². The molecule has 1 N–H and O–H groups in total. The van der Waals surface area contributed by atoms with E-state index < -0.39 is 10.0 Å². The summed E-state index contributed by atoms with van der Waals surface area (Å²) in [5.74, 6) is -0.0270. The molecule has 0 fully saturated rings. The van der Waals surface area contributed by atoms with Crippen molar-refractivity contribution in [3.05, 3.63) is 102 Å². The van der Waals surface area contributed by atoms with Crippen molar-refractivity contribution in [2.75, 3.05) is 20.6 Å². The molecule has 3 aromatic carbocycles. The number of carbonyl (C=O) groups excluding carboxylic acids is 1. The lowest BCUT2D eigenvalue weighted by atomic mass is 10.0. The Hall–Kier alpha value is -3.42. The monoisotopic (exact) mass is 475 g/mol. The zero-order valence-electron chi connectivity index (χ0n) is 19.6. The summed E-state index contributed by atoms with van der Waals surface area (Å²) in [4.78, 5) is 13.5. The number of benzene rings is 3. The summed E-state index contributed by atoms with van der Waals surface area (Å²) in [6, 6.07) is 26.7. The molecule has 4 rings (SSSR count). The number of sulfonamides is 1. The van der Waals surface area contributed by atoms with E-state index in [9.17, 15) is 13.2 Å². The van der Waals surface area contributed by atoms with Crippen molar-refractivity contribution in [2.24, 2.45) is 0 Å². The van der Waals surface area contributed by atoms with Crippen LogP contribution in [0, 0.1) is 0 Å². The van der Waals surface area contributed by atoms with E-state index in [1.165, 1.54) is 18.4 Å². The molecule has 1 aromatic heterocycles. The number of fused-ring (bicyclic) bond motifs is 1. The number of amides is 1. The van der Waals surface area contributed by atoms with Gasteiger partial charge < -0.3 is 9.88 Å². The molecule has 0 saturated carbocycles. The van der Waals surface area contributed by atoms with Crippen LogP contribution in [-0.2, 0) is 16.6 Å². The second kappa shape index (κ2) is 9.83.